The molecule has 0 aromatic heterocycles. The summed E-state index contributed by atoms with van der Waals surface area (Å²) >= 11 is 0. The summed E-state index contributed by atoms with van der Waals surface area (Å²) in [5, 5.41) is 0. The second kappa shape index (κ2) is 3.91. The van der Waals surface area contributed by atoms with Crippen LogP contribution in [0.2, 0.25) is 0 Å². The van der Waals surface area contributed by atoms with E-state index in [0.717, 1.165) is 5.92 Å². The van der Waals surface area contributed by atoms with Gasteiger partial charge in [-0.15, -0.1) is 0 Å². The average molecular weight is 213 g/mol. The molecule has 0 saturated carbocycles. The minimum absolute atomic E-state index is 0.804. The first-order valence-electron chi connectivity index (χ1n) is 6.74. The van der Waals surface area contributed by atoms with E-state index in [4.69, 9.17) is 0 Å². The Morgan fingerprint density at radius 3 is 2.62 bits per heavy atom. The van der Waals surface area contributed by atoms with Crippen molar-refractivity contribution in [3.63, 3.8) is 0 Å². The van der Waals surface area contributed by atoms with Crippen LogP contribution in [0, 0.1) is 11.8 Å². The molecule has 16 heavy (non-hydrogen) atoms. The second-order valence-corrected chi connectivity index (χ2v) is 5.79. The van der Waals surface area contributed by atoms with Crippen molar-refractivity contribution in [2.75, 3.05) is 0 Å². The molecule has 2 aliphatic rings. The van der Waals surface area contributed by atoms with Crippen molar-refractivity contribution in [1.29, 1.82) is 0 Å². The van der Waals surface area contributed by atoms with E-state index in [1.807, 2.05) is 0 Å². The van der Waals surface area contributed by atoms with Crippen molar-refractivity contribution in [2.24, 2.45) is 5.92 Å². The van der Waals surface area contributed by atoms with Crippen molar-refractivity contribution in [3.05, 3.63) is 40.3 Å². The highest BCUT2D eigenvalue weighted by atomic mass is 14.3. The quantitative estimate of drug-likeness (QED) is 0.694. The highest BCUT2D eigenvalue weighted by molar-refractivity contribution is 5.53. The van der Waals surface area contributed by atoms with Gasteiger partial charge in [-0.05, 0) is 66.7 Å². The van der Waals surface area contributed by atoms with Gasteiger partial charge in [-0.2, -0.15) is 0 Å². The molecule has 1 aromatic carbocycles. The predicted molar refractivity (Wildman–Crippen MR) is 68.6 cm³/mol. The molecule has 0 heteroatoms. The molecule has 2 aliphatic carbocycles. The molecule has 0 heterocycles. The van der Waals surface area contributed by atoms with Crippen LogP contribution in [0.4, 0.5) is 0 Å². The van der Waals surface area contributed by atoms with Crippen molar-refractivity contribution in [3.8, 4) is 0 Å². The highest BCUT2D eigenvalue weighted by Crippen LogP contribution is 2.42. The van der Waals surface area contributed by atoms with Crippen LogP contribution < -0.4 is 0 Å². The lowest BCUT2D eigenvalue weighted by Gasteiger charge is -2.17. The third-order valence-electron chi connectivity index (χ3n) is 4.07. The average Bonchev–Trinajstić information content (AvgIpc) is 2.82. The Balaban J connectivity index is 2.00. The highest BCUT2D eigenvalue weighted by Gasteiger charge is 2.29. The van der Waals surface area contributed by atoms with Gasteiger partial charge >= 0.3 is 0 Å². The Bertz CT molecular complexity index is 401. The van der Waals surface area contributed by atoms with Crippen LogP contribution in [0.3, 0.4) is 0 Å². The monoisotopic (exact) mass is 213 g/mol. The predicted octanol–water partition coefficient (Wildman–Crippen LogP) is 4.09. The molecule has 0 aliphatic heterocycles. The molecule has 0 atom stereocenters. The standard InChI is InChI=1S/C16H21/c1-11(2)10-14-9-8-13-7-6-12-4-3-5-15(12)16(13)14/h6-7,11H,3-5,8-10H2,1-2H3. The van der Waals surface area contributed by atoms with Crippen molar-refractivity contribution in [1.82, 2.24) is 0 Å². The molecule has 85 valence electrons. The number of hydrogen-bond acceptors (Lipinski definition) is 0. The van der Waals surface area contributed by atoms with Crippen molar-refractivity contribution in [2.45, 2.75) is 52.4 Å². The number of hydrogen-bond donors (Lipinski definition) is 0. The van der Waals surface area contributed by atoms with Gasteiger partial charge in [-0.3, -0.25) is 0 Å². The molecule has 3 rings (SSSR count). The summed E-state index contributed by atoms with van der Waals surface area (Å²) in [5.74, 6) is 2.56. The minimum atomic E-state index is 0.804. The van der Waals surface area contributed by atoms with E-state index in [9.17, 15) is 0 Å². The molecule has 0 unspecified atom stereocenters. The third-order valence-corrected chi connectivity index (χ3v) is 4.07. The lowest BCUT2D eigenvalue weighted by atomic mass is 9.88. The van der Waals surface area contributed by atoms with Gasteiger partial charge in [0.2, 0.25) is 0 Å². The molecule has 0 bridgehead atoms. The van der Waals surface area contributed by atoms with Gasteiger partial charge in [-0.25, -0.2) is 0 Å². The van der Waals surface area contributed by atoms with Crippen LogP contribution in [-0.2, 0) is 19.3 Å². The first kappa shape index (κ1) is 10.4. The van der Waals surface area contributed by atoms with Crippen LogP contribution in [0.5, 0.6) is 0 Å². The maximum atomic E-state index is 2.40. The fourth-order valence-electron chi connectivity index (χ4n) is 3.47. The summed E-state index contributed by atoms with van der Waals surface area (Å²) < 4.78 is 0. The summed E-state index contributed by atoms with van der Waals surface area (Å²) in [6.07, 6.45) is 7.95. The molecule has 0 N–H and O–H groups in total. The van der Waals surface area contributed by atoms with E-state index in [1.54, 1.807) is 28.2 Å². The van der Waals surface area contributed by atoms with Crippen LogP contribution in [-0.4, -0.2) is 0 Å². The van der Waals surface area contributed by atoms with Gasteiger partial charge in [0.1, 0.15) is 0 Å². The maximum absolute atomic E-state index is 2.40. The zero-order valence-electron chi connectivity index (χ0n) is 10.5. The molecule has 1 radical (unpaired) electrons. The van der Waals surface area contributed by atoms with Gasteiger partial charge in [0.15, 0.2) is 0 Å². The molecule has 0 saturated heterocycles. The molecule has 0 nitrogen and oxygen atoms in total. The minimum Gasteiger partial charge on any atom is -0.0627 e. The number of aryl methyl sites for hydroxylation is 2. The fourth-order valence-corrected chi connectivity index (χ4v) is 3.47. The van der Waals surface area contributed by atoms with Gasteiger partial charge in [0.05, 0.1) is 0 Å². The van der Waals surface area contributed by atoms with E-state index >= 15 is 0 Å². The summed E-state index contributed by atoms with van der Waals surface area (Å²) in [4.78, 5) is 0. The topological polar surface area (TPSA) is 0 Å². The number of benzene rings is 1. The zero-order valence-corrected chi connectivity index (χ0v) is 10.5. The molecular formula is C16H21. The Morgan fingerprint density at radius 2 is 1.81 bits per heavy atom. The maximum Gasteiger partial charge on any atom is 0.00613 e. The van der Waals surface area contributed by atoms with Gasteiger partial charge in [0, 0.05) is 5.92 Å². The summed E-state index contributed by atoms with van der Waals surface area (Å²) in [6, 6.07) is 4.78. The van der Waals surface area contributed by atoms with Crippen molar-refractivity contribution < 1.29 is 0 Å². The first-order chi connectivity index (χ1) is 7.75. The summed E-state index contributed by atoms with van der Waals surface area (Å²) in [7, 11) is 0. The molecular weight excluding hydrogens is 192 g/mol. The Labute approximate surface area is 99.1 Å². The van der Waals surface area contributed by atoms with E-state index < -0.39 is 0 Å². The van der Waals surface area contributed by atoms with Gasteiger partial charge in [0.25, 0.3) is 0 Å². The molecule has 0 amide bonds. The van der Waals surface area contributed by atoms with Crippen LogP contribution in [0.1, 0.15) is 55.4 Å². The summed E-state index contributed by atoms with van der Waals surface area (Å²) in [6.45, 7) is 4.68. The fraction of sp³-hybridized carbons (Fsp3) is 0.562. The number of rotatable bonds is 2. The van der Waals surface area contributed by atoms with Gasteiger partial charge in [-0.1, -0.05) is 26.0 Å². The molecule has 0 spiro atoms. The SMILES string of the molecule is CC(C)C[C]1CCc2ccc3c(c21)CCC3. The van der Waals surface area contributed by atoms with Crippen LogP contribution >= 0.6 is 0 Å². The normalized spacial score (nSPS) is 19.2. The summed E-state index contributed by atoms with van der Waals surface area (Å²) in [5.41, 5.74) is 6.69. The Kier molecular flexibility index (Phi) is 2.53. The Morgan fingerprint density at radius 1 is 1.00 bits per heavy atom. The lowest BCUT2D eigenvalue weighted by molar-refractivity contribution is 0.594. The Hall–Kier alpha value is -0.780. The van der Waals surface area contributed by atoms with E-state index in [-0.39, 0.29) is 0 Å². The molecule has 1 aromatic rings. The lowest BCUT2D eigenvalue weighted by Crippen LogP contribution is -2.03. The van der Waals surface area contributed by atoms with Crippen LogP contribution in [0.15, 0.2) is 12.1 Å². The van der Waals surface area contributed by atoms with E-state index in [2.05, 4.69) is 26.0 Å². The van der Waals surface area contributed by atoms with Crippen molar-refractivity contribution >= 4 is 0 Å². The smallest absolute Gasteiger partial charge is 0.00613 e. The third kappa shape index (κ3) is 1.59. The molecule has 0 fully saturated rings. The first-order valence-corrected chi connectivity index (χ1v) is 6.74. The van der Waals surface area contributed by atoms with E-state index in [1.165, 1.54) is 38.5 Å². The van der Waals surface area contributed by atoms with E-state index in [0.29, 0.717) is 0 Å². The zero-order chi connectivity index (χ0) is 11.1. The van der Waals surface area contributed by atoms with Gasteiger partial charge < -0.3 is 0 Å². The van der Waals surface area contributed by atoms with Crippen LogP contribution in [0.25, 0.3) is 0 Å². The number of fused-ring (bicyclic) bond motifs is 3. The largest absolute Gasteiger partial charge is 0.0627 e. The second-order valence-electron chi connectivity index (χ2n) is 5.79.